The Morgan fingerprint density at radius 3 is 2.85 bits per heavy atom. The molecule has 0 amide bonds. The van der Waals surface area contributed by atoms with E-state index in [1.54, 1.807) is 7.11 Å². The summed E-state index contributed by atoms with van der Waals surface area (Å²) in [5.74, 6) is 0.828. The smallest absolute Gasteiger partial charge is 0.133 e. The van der Waals surface area contributed by atoms with Gasteiger partial charge >= 0.3 is 0 Å². The van der Waals surface area contributed by atoms with Crippen LogP contribution in [-0.2, 0) is 13.1 Å². The van der Waals surface area contributed by atoms with Gasteiger partial charge in [-0.3, -0.25) is 0 Å². The first-order chi connectivity index (χ1) is 9.58. The summed E-state index contributed by atoms with van der Waals surface area (Å²) in [5, 5.41) is 11.6. The molecule has 1 aromatic heterocycles. The number of nitrogens with one attached hydrogen (secondary N) is 1. The monoisotopic (exact) mass is 338 g/mol. The third-order valence-electron chi connectivity index (χ3n) is 2.84. The van der Waals surface area contributed by atoms with Crippen LogP contribution in [0, 0.1) is 0 Å². The second kappa shape index (κ2) is 6.85. The molecule has 20 heavy (non-hydrogen) atoms. The maximum absolute atomic E-state index is 5.22. The van der Waals surface area contributed by atoms with Gasteiger partial charge in [-0.2, -0.15) is 0 Å². The fraction of sp³-hybridized carbons (Fsp3) is 0.429. The van der Waals surface area contributed by atoms with E-state index in [1.807, 2.05) is 29.1 Å². The van der Waals surface area contributed by atoms with Crippen LogP contribution in [0.2, 0.25) is 0 Å². The molecule has 2 aromatic rings. The lowest BCUT2D eigenvalue weighted by atomic mass is 10.2. The van der Waals surface area contributed by atoms with Crippen molar-refractivity contribution in [3.63, 3.8) is 0 Å². The molecule has 0 radical (unpaired) electrons. The zero-order chi connectivity index (χ0) is 14.5. The number of ether oxygens (including phenoxy) is 1. The molecule has 0 unspecified atom stereocenters. The molecule has 0 aliphatic heterocycles. The Morgan fingerprint density at radius 2 is 2.20 bits per heavy atom. The Hall–Kier alpha value is -1.40. The van der Waals surface area contributed by atoms with Gasteiger partial charge in [-0.05, 0) is 33.6 Å². The second-order valence-corrected chi connectivity index (χ2v) is 5.77. The maximum atomic E-state index is 5.22. The highest BCUT2D eigenvalue weighted by Crippen LogP contribution is 2.25. The van der Waals surface area contributed by atoms with Gasteiger partial charge in [0.2, 0.25) is 0 Å². The van der Waals surface area contributed by atoms with Crippen LogP contribution in [0.25, 0.3) is 0 Å². The van der Waals surface area contributed by atoms with Crippen molar-refractivity contribution in [3.8, 4) is 5.75 Å². The molecule has 0 spiro atoms. The summed E-state index contributed by atoms with van der Waals surface area (Å²) in [6, 6.07) is 6.44. The van der Waals surface area contributed by atoms with E-state index in [1.165, 1.54) is 0 Å². The highest BCUT2D eigenvalue weighted by Gasteiger charge is 2.05. The molecule has 0 atom stereocenters. The molecule has 0 aliphatic carbocycles. The van der Waals surface area contributed by atoms with Crippen molar-refractivity contribution in [1.82, 2.24) is 20.3 Å². The average molecular weight is 339 g/mol. The van der Waals surface area contributed by atoms with Gasteiger partial charge < -0.3 is 10.1 Å². The van der Waals surface area contributed by atoms with Crippen molar-refractivity contribution >= 4 is 15.9 Å². The molecule has 0 fully saturated rings. The lowest BCUT2D eigenvalue weighted by Gasteiger charge is -2.06. The highest BCUT2D eigenvalue weighted by atomic mass is 79.9. The zero-order valence-corrected chi connectivity index (χ0v) is 13.5. The molecule has 0 saturated heterocycles. The lowest BCUT2D eigenvalue weighted by Crippen LogP contribution is -2.21. The van der Waals surface area contributed by atoms with E-state index in [9.17, 15) is 0 Å². The molecule has 1 heterocycles. The van der Waals surface area contributed by atoms with Crippen LogP contribution in [0.4, 0.5) is 0 Å². The van der Waals surface area contributed by atoms with Gasteiger partial charge in [0.1, 0.15) is 5.75 Å². The molecule has 0 bridgehead atoms. The van der Waals surface area contributed by atoms with Crippen molar-refractivity contribution < 1.29 is 4.74 Å². The van der Waals surface area contributed by atoms with Gasteiger partial charge in [-0.1, -0.05) is 25.1 Å². The van der Waals surface area contributed by atoms with E-state index >= 15 is 0 Å². The molecule has 6 heteroatoms. The molecule has 1 N–H and O–H groups in total. The number of rotatable bonds is 6. The van der Waals surface area contributed by atoms with Crippen molar-refractivity contribution in [2.45, 2.75) is 33.0 Å². The van der Waals surface area contributed by atoms with E-state index in [0.29, 0.717) is 12.6 Å². The van der Waals surface area contributed by atoms with E-state index in [4.69, 9.17) is 4.74 Å². The van der Waals surface area contributed by atoms with Crippen molar-refractivity contribution in [2.75, 3.05) is 7.11 Å². The summed E-state index contributed by atoms with van der Waals surface area (Å²) in [4.78, 5) is 0. The first-order valence-electron chi connectivity index (χ1n) is 6.53. The minimum atomic E-state index is 0.442. The molecule has 108 valence electrons. The number of benzene rings is 1. The van der Waals surface area contributed by atoms with Crippen LogP contribution in [0.15, 0.2) is 28.9 Å². The summed E-state index contributed by atoms with van der Waals surface area (Å²) >= 11 is 3.49. The quantitative estimate of drug-likeness (QED) is 0.879. The van der Waals surface area contributed by atoms with Gasteiger partial charge in [0.15, 0.2) is 0 Å². The van der Waals surface area contributed by atoms with Crippen LogP contribution in [0.5, 0.6) is 5.75 Å². The zero-order valence-electron chi connectivity index (χ0n) is 11.9. The summed E-state index contributed by atoms with van der Waals surface area (Å²) < 4.78 is 8.00. The van der Waals surface area contributed by atoms with Crippen LogP contribution < -0.4 is 10.1 Å². The van der Waals surface area contributed by atoms with E-state index in [0.717, 1.165) is 28.0 Å². The maximum Gasteiger partial charge on any atom is 0.133 e. The van der Waals surface area contributed by atoms with Gasteiger partial charge in [0, 0.05) is 12.6 Å². The first kappa shape index (κ1) is 15.0. The minimum absolute atomic E-state index is 0.442. The van der Waals surface area contributed by atoms with E-state index in [-0.39, 0.29) is 0 Å². The topological polar surface area (TPSA) is 52.0 Å². The van der Waals surface area contributed by atoms with Crippen LogP contribution in [0.3, 0.4) is 0 Å². The van der Waals surface area contributed by atoms with Gasteiger partial charge in [-0.15, -0.1) is 5.10 Å². The normalized spacial score (nSPS) is 11.1. The third-order valence-corrected chi connectivity index (χ3v) is 3.46. The number of aromatic nitrogens is 3. The van der Waals surface area contributed by atoms with Gasteiger partial charge in [-0.25, -0.2) is 4.68 Å². The van der Waals surface area contributed by atoms with Crippen molar-refractivity contribution in [2.24, 2.45) is 0 Å². The Bertz CT molecular complexity index is 568. The lowest BCUT2D eigenvalue weighted by molar-refractivity contribution is 0.412. The van der Waals surface area contributed by atoms with E-state index in [2.05, 4.69) is 45.4 Å². The van der Waals surface area contributed by atoms with E-state index < -0.39 is 0 Å². The molecular formula is C14H19BrN4O. The first-order valence-corrected chi connectivity index (χ1v) is 7.32. The molecule has 2 rings (SSSR count). The molecule has 0 aliphatic rings. The van der Waals surface area contributed by atoms with Crippen LogP contribution >= 0.6 is 15.9 Å². The Morgan fingerprint density at radius 1 is 1.40 bits per heavy atom. The SMILES string of the molecule is COc1ccc(Cn2cc(CNC(C)C)nn2)cc1Br. The van der Waals surface area contributed by atoms with Crippen molar-refractivity contribution in [3.05, 3.63) is 40.1 Å². The molecular weight excluding hydrogens is 320 g/mol. The van der Waals surface area contributed by atoms with Crippen molar-refractivity contribution in [1.29, 1.82) is 0 Å². The fourth-order valence-electron chi connectivity index (χ4n) is 1.80. The Kier molecular flexibility index (Phi) is 5.14. The summed E-state index contributed by atoms with van der Waals surface area (Å²) in [6.45, 7) is 5.65. The highest BCUT2D eigenvalue weighted by molar-refractivity contribution is 9.10. The summed E-state index contributed by atoms with van der Waals surface area (Å²) in [6.07, 6.45) is 1.97. The average Bonchev–Trinajstić information content (AvgIpc) is 2.84. The molecule has 0 saturated carbocycles. The third kappa shape index (κ3) is 4.05. The Labute approximate surface area is 127 Å². The summed E-state index contributed by atoms with van der Waals surface area (Å²) in [5.41, 5.74) is 2.09. The van der Waals surface area contributed by atoms with Gasteiger partial charge in [0.25, 0.3) is 0 Å². The molecule has 5 nitrogen and oxygen atoms in total. The minimum Gasteiger partial charge on any atom is -0.496 e. The van der Waals surface area contributed by atoms with Crippen LogP contribution in [-0.4, -0.2) is 28.1 Å². The number of nitrogens with zero attached hydrogens (tertiary/aromatic N) is 3. The second-order valence-electron chi connectivity index (χ2n) is 4.91. The van der Waals surface area contributed by atoms with Gasteiger partial charge in [0.05, 0.1) is 30.0 Å². The number of halogens is 1. The largest absolute Gasteiger partial charge is 0.496 e. The number of methoxy groups -OCH3 is 1. The molecule has 1 aromatic carbocycles. The standard InChI is InChI=1S/C14H19BrN4O/c1-10(2)16-7-12-9-19(18-17-12)8-11-4-5-14(20-3)13(15)6-11/h4-6,9-10,16H,7-8H2,1-3H3. The predicted octanol–water partition coefficient (Wildman–Crippen LogP) is 2.60. The Balaban J connectivity index is 2.01. The fourth-order valence-corrected chi connectivity index (χ4v) is 2.39. The predicted molar refractivity (Wildman–Crippen MR) is 81.8 cm³/mol. The number of hydrogen-bond acceptors (Lipinski definition) is 4. The van der Waals surface area contributed by atoms with Crippen LogP contribution in [0.1, 0.15) is 25.1 Å². The summed E-state index contributed by atoms with van der Waals surface area (Å²) in [7, 11) is 1.66. The number of hydrogen-bond donors (Lipinski definition) is 1.